The van der Waals surface area contributed by atoms with Crippen LogP contribution in [0, 0.1) is 0 Å². The Bertz CT molecular complexity index is 905. The van der Waals surface area contributed by atoms with E-state index in [9.17, 15) is 4.79 Å². The SMILES string of the molecule is O=C1c2cccc(OCc3ccc(CN4CCSCC4)cc3)c2CN1C1CCCNC1. The number of thioether (sulfide) groups is 1. The van der Waals surface area contributed by atoms with E-state index in [1.54, 1.807) is 0 Å². The van der Waals surface area contributed by atoms with Gasteiger partial charge < -0.3 is 15.0 Å². The van der Waals surface area contributed by atoms with Crippen molar-refractivity contribution >= 4 is 17.7 Å². The van der Waals surface area contributed by atoms with Crippen molar-refractivity contribution in [1.82, 2.24) is 15.1 Å². The Balaban J connectivity index is 1.21. The minimum atomic E-state index is 0.148. The zero-order valence-corrected chi connectivity index (χ0v) is 18.8. The Morgan fingerprint density at radius 1 is 1.06 bits per heavy atom. The van der Waals surface area contributed by atoms with Crippen molar-refractivity contribution in [2.24, 2.45) is 0 Å². The summed E-state index contributed by atoms with van der Waals surface area (Å²) < 4.78 is 6.20. The molecule has 1 atom stereocenters. The molecular weight excluding hydrogens is 406 g/mol. The summed E-state index contributed by atoms with van der Waals surface area (Å²) >= 11 is 2.05. The minimum absolute atomic E-state index is 0.148. The van der Waals surface area contributed by atoms with E-state index in [-0.39, 0.29) is 11.9 Å². The van der Waals surface area contributed by atoms with Crippen LogP contribution in [-0.4, -0.2) is 59.4 Å². The normalized spacial score (nSPS) is 21.9. The maximum absolute atomic E-state index is 13.0. The van der Waals surface area contributed by atoms with Gasteiger partial charge in [-0.25, -0.2) is 0 Å². The molecule has 0 aliphatic carbocycles. The van der Waals surface area contributed by atoms with Gasteiger partial charge in [0.05, 0.1) is 6.54 Å². The second-order valence-corrected chi connectivity index (χ2v) is 9.93. The fourth-order valence-corrected chi connectivity index (χ4v) is 5.75. The van der Waals surface area contributed by atoms with Crippen LogP contribution in [0.25, 0.3) is 0 Å². The Morgan fingerprint density at radius 2 is 1.87 bits per heavy atom. The molecule has 164 valence electrons. The highest BCUT2D eigenvalue weighted by Crippen LogP contribution is 2.33. The highest BCUT2D eigenvalue weighted by Gasteiger charge is 2.35. The van der Waals surface area contributed by atoms with Gasteiger partial charge in [-0.2, -0.15) is 11.8 Å². The van der Waals surface area contributed by atoms with Crippen LogP contribution in [0.3, 0.4) is 0 Å². The Hall–Kier alpha value is -2.02. The molecule has 0 saturated carbocycles. The Kier molecular flexibility index (Phi) is 6.48. The lowest BCUT2D eigenvalue weighted by Crippen LogP contribution is -2.46. The van der Waals surface area contributed by atoms with Crippen molar-refractivity contribution in [3.05, 3.63) is 64.7 Å². The summed E-state index contributed by atoms with van der Waals surface area (Å²) in [5.41, 5.74) is 4.36. The molecule has 0 bridgehead atoms. The molecule has 1 N–H and O–H groups in total. The van der Waals surface area contributed by atoms with Crippen LogP contribution in [0.4, 0.5) is 0 Å². The average Bonchev–Trinajstić information content (AvgIpc) is 3.17. The number of carbonyl (C=O) groups excluding carboxylic acids is 1. The molecule has 2 aromatic carbocycles. The van der Waals surface area contributed by atoms with Gasteiger partial charge in [-0.05, 0) is 42.6 Å². The maximum atomic E-state index is 13.0. The van der Waals surface area contributed by atoms with Gasteiger partial charge in [0.2, 0.25) is 0 Å². The first kappa shape index (κ1) is 20.9. The first-order valence-electron chi connectivity index (χ1n) is 11.4. The number of nitrogens with one attached hydrogen (secondary N) is 1. The third-order valence-electron chi connectivity index (χ3n) is 6.59. The third-order valence-corrected chi connectivity index (χ3v) is 7.53. The molecule has 0 radical (unpaired) electrons. The molecule has 3 aliphatic heterocycles. The fourth-order valence-electron chi connectivity index (χ4n) is 4.78. The van der Waals surface area contributed by atoms with Crippen molar-refractivity contribution < 1.29 is 9.53 Å². The van der Waals surface area contributed by atoms with Gasteiger partial charge in [-0.1, -0.05) is 30.3 Å². The van der Waals surface area contributed by atoms with Crippen LogP contribution in [0.5, 0.6) is 5.75 Å². The minimum Gasteiger partial charge on any atom is -0.489 e. The smallest absolute Gasteiger partial charge is 0.254 e. The molecule has 0 spiro atoms. The molecule has 31 heavy (non-hydrogen) atoms. The van der Waals surface area contributed by atoms with Crippen LogP contribution in [0.2, 0.25) is 0 Å². The van der Waals surface area contributed by atoms with Crippen molar-refractivity contribution in [1.29, 1.82) is 0 Å². The van der Waals surface area contributed by atoms with Gasteiger partial charge in [-0.3, -0.25) is 9.69 Å². The summed E-state index contributed by atoms with van der Waals surface area (Å²) in [6.45, 7) is 6.51. The average molecular weight is 438 g/mol. The second-order valence-electron chi connectivity index (χ2n) is 8.71. The van der Waals surface area contributed by atoms with Crippen LogP contribution >= 0.6 is 11.8 Å². The first-order valence-corrected chi connectivity index (χ1v) is 12.6. The van der Waals surface area contributed by atoms with Gasteiger partial charge in [0.25, 0.3) is 5.91 Å². The highest BCUT2D eigenvalue weighted by atomic mass is 32.2. The summed E-state index contributed by atoms with van der Waals surface area (Å²) in [5.74, 6) is 3.47. The number of rotatable bonds is 6. The number of hydrogen-bond acceptors (Lipinski definition) is 5. The van der Waals surface area contributed by atoms with Crippen molar-refractivity contribution in [3.63, 3.8) is 0 Å². The fraction of sp³-hybridized carbons (Fsp3) is 0.480. The van der Waals surface area contributed by atoms with E-state index in [2.05, 4.69) is 34.5 Å². The summed E-state index contributed by atoms with van der Waals surface area (Å²) in [5, 5.41) is 3.42. The molecule has 5 nitrogen and oxygen atoms in total. The highest BCUT2D eigenvalue weighted by molar-refractivity contribution is 7.99. The van der Waals surface area contributed by atoms with E-state index in [4.69, 9.17) is 4.74 Å². The molecule has 5 rings (SSSR count). The predicted molar refractivity (Wildman–Crippen MR) is 126 cm³/mol. The number of fused-ring (bicyclic) bond motifs is 1. The maximum Gasteiger partial charge on any atom is 0.254 e. The molecular formula is C25H31N3O2S. The summed E-state index contributed by atoms with van der Waals surface area (Å²) in [7, 11) is 0. The number of carbonyl (C=O) groups is 1. The van der Waals surface area contributed by atoms with Crippen molar-refractivity contribution in [2.75, 3.05) is 37.7 Å². The molecule has 0 aromatic heterocycles. The number of piperidine rings is 1. The molecule has 3 aliphatic rings. The van der Waals surface area contributed by atoms with Crippen LogP contribution < -0.4 is 10.1 Å². The van der Waals surface area contributed by atoms with Gasteiger partial charge in [-0.15, -0.1) is 0 Å². The standard InChI is InChI=1S/C25H31N3O2S/c29-25-22-4-1-5-24(23(22)17-28(25)21-3-2-10-26-15-21)30-18-20-8-6-19(7-9-20)16-27-11-13-31-14-12-27/h1,4-9,21,26H,2-3,10-18H2. The molecule has 2 saturated heterocycles. The molecule has 2 fully saturated rings. The van der Waals surface area contributed by atoms with Gasteiger partial charge in [0.15, 0.2) is 0 Å². The molecule has 6 heteroatoms. The molecule has 3 heterocycles. The number of amides is 1. The summed E-state index contributed by atoms with van der Waals surface area (Å²) in [6, 6.07) is 14.9. The number of nitrogens with zero attached hydrogens (tertiary/aromatic N) is 2. The van der Waals surface area contributed by atoms with Gasteiger partial charge in [0, 0.05) is 54.9 Å². The zero-order chi connectivity index (χ0) is 21.0. The number of benzene rings is 2. The zero-order valence-electron chi connectivity index (χ0n) is 18.0. The largest absolute Gasteiger partial charge is 0.489 e. The topological polar surface area (TPSA) is 44.8 Å². The lowest BCUT2D eigenvalue weighted by Gasteiger charge is -2.31. The van der Waals surface area contributed by atoms with Crippen LogP contribution in [-0.2, 0) is 19.7 Å². The van der Waals surface area contributed by atoms with E-state index in [0.29, 0.717) is 13.2 Å². The lowest BCUT2D eigenvalue weighted by molar-refractivity contribution is 0.0674. The molecule has 1 amide bonds. The van der Waals surface area contributed by atoms with E-state index in [1.165, 1.54) is 30.2 Å². The quantitative estimate of drug-likeness (QED) is 0.749. The van der Waals surface area contributed by atoms with Crippen LogP contribution in [0.15, 0.2) is 42.5 Å². The third kappa shape index (κ3) is 4.76. The molecule has 2 aromatic rings. The van der Waals surface area contributed by atoms with Gasteiger partial charge in [0.1, 0.15) is 12.4 Å². The van der Waals surface area contributed by atoms with E-state index < -0.39 is 0 Å². The van der Waals surface area contributed by atoms with Crippen LogP contribution in [0.1, 0.15) is 39.9 Å². The van der Waals surface area contributed by atoms with E-state index >= 15 is 0 Å². The van der Waals surface area contributed by atoms with Crippen molar-refractivity contribution in [2.45, 2.75) is 38.6 Å². The van der Waals surface area contributed by atoms with E-state index in [1.807, 2.05) is 34.9 Å². The van der Waals surface area contributed by atoms with Gasteiger partial charge >= 0.3 is 0 Å². The lowest BCUT2D eigenvalue weighted by atomic mass is 10.1. The Labute approximate surface area is 189 Å². The Morgan fingerprint density at radius 3 is 2.65 bits per heavy atom. The first-order chi connectivity index (χ1) is 15.3. The van der Waals surface area contributed by atoms with E-state index in [0.717, 1.165) is 54.9 Å². The predicted octanol–water partition coefficient (Wildman–Crippen LogP) is 3.52. The second kappa shape index (κ2) is 9.63. The number of ether oxygens (including phenoxy) is 1. The molecule has 1 unspecified atom stereocenters. The van der Waals surface area contributed by atoms with Crippen molar-refractivity contribution in [3.8, 4) is 5.75 Å². The number of hydrogen-bond donors (Lipinski definition) is 1. The summed E-state index contributed by atoms with van der Waals surface area (Å²) in [6.07, 6.45) is 2.20. The monoisotopic (exact) mass is 437 g/mol. The summed E-state index contributed by atoms with van der Waals surface area (Å²) in [4.78, 5) is 17.5.